The number of nitrogens with zero attached hydrogens (tertiary/aromatic N) is 3. The summed E-state index contributed by atoms with van der Waals surface area (Å²) in [5.74, 6) is 0. The molecule has 0 saturated heterocycles. The van der Waals surface area contributed by atoms with E-state index in [0.717, 1.165) is 19.5 Å². The van der Waals surface area contributed by atoms with Crippen LogP contribution in [-0.2, 0) is 10.2 Å². The molecular formula is C12H15N3O2S. The molecule has 0 unspecified atom stereocenters. The summed E-state index contributed by atoms with van der Waals surface area (Å²) in [5.41, 5.74) is 2.69. The monoisotopic (exact) mass is 265 g/mol. The number of rotatable bonds is 3. The Kier molecular flexibility index (Phi) is 3.23. The van der Waals surface area contributed by atoms with E-state index in [-0.39, 0.29) is 0 Å². The maximum absolute atomic E-state index is 11.9. The van der Waals surface area contributed by atoms with Crippen molar-refractivity contribution < 1.29 is 8.42 Å². The lowest BCUT2D eigenvalue weighted by molar-refractivity contribution is 0.504. The van der Waals surface area contributed by atoms with Gasteiger partial charge in [-0.25, -0.2) is 0 Å². The van der Waals surface area contributed by atoms with Crippen molar-refractivity contribution in [2.75, 3.05) is 14.1 Å². The van der Waals surface area contributed by atoms with Crippen LogP contribution in [-0.4, -0.2) is 36.0 Å². The zero-order valence-corrected chi connectivity index (χ0v) is 11.3. The van der Waals surface area contributed by atoms with Crippen molar-refractivity contribution >= 4 is 10.2 Å². The van der Waals surface area contributed by atoms with Crippen LogP contribution in [0.1, 0.15) is 5.56 Å². The molecule has 0 aliphatic carbocycles. The number of benzene rings is 1. The highest BCUT2D eigenvalue weighted by Crippen LogP contribution is 2.18. The minimum atomic E-state index is -3.53. The first-order chi connectivity index (χ1) is 8.41. The molecule has 0 fully saturated rings. The zero-order valence-electron chi connectivity index (χ0n) is 10.5. The molecule has 5 nitrogen and oxygen atoms in total. The third-order valence-corrected chi connectivity index (χ3v) is 4.21. The van der Waals surface area contributed by atoms with Gasteiger partial charge in [0.2, 0.25) is 0 Å². The van der Waals surface area contributed by atoms with E-state index in [4.69, 9.17) is 0 Å². The lowest BCUT2D eigenvalue weighted by Gasteiger charge is -2.10. The predicted molar refractivity (Wildman–Crippen MR) is 70.4 cm³/mol. The molecule has 0 aliphatic rings. The molecule has 2 aromatic rings. The summed E-state index contributed by atoms with van der Waals surface area (Å²) in [5, 5.41) is 4.09. The molecule has 0 atom stereocenters. The Balaban J connectivity index is 2.40. The highest BCUT2D eigenvalue weighted by molar-refractivity contribution is 7.87. The zero-order chi connectivity index (χ0) is 13.3. The summed E-state index contributed by atoms with van der Waals surface area (Å²) >= 11 is 0. The van der Waals surface area contributed by atoms with Crippen LogP contribution in [0.2, 0.25) is 0 Å². The molecule has 0 radical (unpaired) electrons. The molecule has 0 aliphatic heterocycles. The van der Waals surface area contributed by atoms with Gasteiger partial charge in [0.25, 0.3) is 0 Å². The number of aryl methyl sites for hydroxylation is 1. The maximum atomic E-state index is 11.9. The standard InChI is InChI=1S/C12H15N3O2S/c1-10-4-6-11(7-5-10)12-8-9-15(13-12)18(16,17)14(2)3/h4-9H,1-3H3. The summed E-state index contributed by atoms with van der Waals surface area (Å²) in [6.45, 7) is 2.00. The van der Waals surface area contributed by atoms with E-state index in [1.807, 2.05) is 31.2 Å². The van der Waals surface area contributed by atoms with Crippen LogP contribution in [0.15, 0.2) is 36.5 Å². The second-order valence-electron chi connectivity index (χ2n) is 4.23. The van der Waals surface area contributed by atoms with E-state index in [1.165, 1.54) is 20.3 Å². The fraction of sp³-hybridized carbons (Fsp3) is 0.250. The van der Waals surface area contributed by atoms with Crippen LogP contribution < -0.4 is 0 Å². The van der Waals surface area contributed by atoms with Gasteiger partial charge in [-0.3, -0.25) is 0 Å². The molecule has 0 bridgehead atoms. The third-order valence-electron chi connectivity index (χ3n) is 2.61. The first-order valence-corrected chi connectivity index (χ1v) is 6.87. The number of hydrogen-bond acceptors (Lipinski definition) is 3. The lowest BCUT2D eigenvalue weighted by atomic mass is 10.1. The average Bonchev–Trinajstić information content (AvgIpc) is 2.79. The van der Waals surface area contributed by atoms with E-state index in [9.17, 15) is 8.42 Å². The number of hydrogen-bond donors (Lipinski definition) is 0. The van der Waals surface area contributed by atoms with Gasteiger partial charge in [-0.1, -0.05) is 29.8 Å². The van der Waals surface area contributed by atoms with Gasteiger partial charge in [0.1, 0.15) is 0 Å². The van der Waals surface area contributed by atoms with E-state index in [0.29, 0.717) is 5.69 Å². The molecule has 6 heteroatoms. The van der Waals surface area contributed by atoms with Gasteiger partial charge in [-0.2, -0.15) is 21.9 Å². The van der Waals surface area contributed by atoms with Gasteiger partial charge in [0, 0.05) is 25.9 Å². The van der Waals surface area contributed by atoms with Crippen molar-refractivity contribution in [3.8, 4) is 11.3 Å². The normalized spacial score (nSPS) is 12.0. The minimum Gasteiger partial charge on any atom is -0.189 e. The first kappa shape index (κ1) is 12.8. The molecule has 2 rings (SSSR count). The average molecular weight is 265 g/mol. The Labute approximate surface area is 107 Å². The van der Waals surface area contributed by atoms with Crippen LogP contribution in [0.4, 0.5) is 0 Å². The van der Waals surface area contributed by atoms with Crippen molar-refractivity contribution in [1.82, 2.24) is 13.5 Å². The number of aromatic nitrogens is 2. The van der Waals surface area contributed by atoms with Crippen molar-refractivity contribution in [2.45, 2.75) is 6.92 Å². The molecule has 1 aromatic carbocycles. The second kappa shape index (κ2) is 4.55. The Hall–Kier alpha value is -1.66. The Morgan fingerprint density at radius 3 is 2.28 bits per heavy atom. The van der Waals surface area contributed by atoms with Gasteiger partial charge < -0.3 is 0 Å². The largest absolute Gasteiger partial charge is 0.322 e. The molecule has 0 saturated carbocycles. The highest BCUT2D eigenvalue weighted by Gasteiger charge is 2.17. The van der Waals surface area contributed by atoms with E-state index in [2.05, 4.69) is 5.10 Å². The Morgan fingerprint density at radius 2 is 1.72 bits per heavy atom. The molecule has 1 heterocycles. The molecule has 0 N–H and O–H groups in total. The molecule has 1 aromatic heterocycles. The van der Waals surface area contributed by atoms with Gasteiger partial charge in [0.15, 0.2) is 0 Å². The Morgan fingerprint density at radius 1 is 1.11 bits per heavy atom. The minimum absolute atomic E-state index is 0.639. The van der Waals surface area contributed by atoms with Crippen LogP contribution in [0.3, 0.4) is 0 Å². The summed E-state index contributed by atoms with van der Waals surface area (Å²) in [6.07, 6.45) is 1.45. The van der Waals surface area contributed by atoms with Gasteiger partial charge in [-0.05, 0) is 13.0 Å². The molecule has 0 spiro atoms. The molecule has 96 valence electrons. The van der Waals surface area contributed by atoms with Crippen molar-refractivity contribution in [2.24, 2.45) is 0 Å². The van der Waals surface area contributed by atoms with Gasteiger partial charge in [0.05, 0.1) is 5.69 Å². The molecular weight excluding hydrogens is 250 g/mol. The highest BCUT2D eigenvalue weighted by atomic mass is 32.2. The van der Waals surface area contributed by atoms with Crippen LogP contribution in [0.25, 0.3) is 11.3 Å². The molecule has 18 heavy (non-hydrogen) atoms. The summed E-state index contributed by atoms with van der Waals surface area (Å²) < 4.78 is 25.8. The van der Waals surface area contributed by atoms with E-state index >= 15 is 0 Å². The lowest BCUT2D eigenvalue weighted by Crippen LogP contribution is -2.29. The first-order valence-electron chi connectivity index (χ1n) is 5.47. The predicted octanol–water partition coefficient (Wildman–Crippen LogP) is 1.51. The van der Waals surface area contributed by atoms with Crippen LogP contribution in [0, 0.1) is 6.92 Å². The van der Waals surface area contributed by atoms with Crippen LogP contribution >= 0.6 is 0 Å². The summed E-state index contributed by atoms with van der Waals surface area (Å²) in [4.78, 5) is 0. The fourth-order valence-electron chi connectivity index (χ4n) is 1.48. The summed E-state index contributed by atoms with van der Waals surface area (Å²) in [6, 6.07) is 9.46. The molecule has 0 amide bonds. The van der Waals surface area contributed by atoms with E-state index in [1.54, 1.807) is 6.07 Å². The van der Waals surface area contributed by atoms with Crippen molar-refractivity contribution in [3.63, 3.8) is 0 Å². The smallest absolute Gasteiger partial charge is 0.189 e. The topological polar surface area (TPSA) is 55.2 Å². The van der Waals surface area contributed by atoms with Crippen molar-refractivity contribution in [3.05, 3.63) is 42.1 Å². The third kappa shape index (κ3) is 2.30. The quantitative estimate of drug-likeness (QED) is 0.845. The Bertz CT molecular complexity index is 642. The SMILES string of the molecule is Cc1ccc(-c2ccn(S(=O)(=O)N(C)C)n2)cc1. The summed E-state index contributed by atoms with van der Waals surface area (Å²) in [7, 11) is -0.584. The van der Waals surface area contributed by atoms with E-state index < -0.39 is 10.2 Å². The van der Waals surface area contributed by atoms with Crippen LogP contribution in [0.5, 0.6) is 0 Å². The van der Waals surface area contributed by atoms with Crippen molar-refractivity contribution in [1.29, 1.82) is 0 Å². The van der Waals surface area contributed by atoms with Gasteiger partial charge >= 0.3 is 10.2 Å². The maximum Gasteiger partial charge on any atom is 0.322 e. The fourth-order valence-corrected chi connectivity index (χ4v) is 2.22. The second-order valence-corrected chi connectivity index (χ2v) is 6.23. The van der Waals surface area contributed by atoms with Gasteiger partial charge in [-0.15, -0.1) is 0 Å².